The maximum Gasteiger partial charge on any atom is 0.165 e. The van der Waals surface area contributed by atoms with Crippen LogP contribution in [0.25, 0.3) is 0 Å². The highest BCUT2D eigenvalue weighted by Crippen LogP contribution is 2.31. The highest BCUT2D eigenvalue weighted by atomic mass is 16.5. The van der Waals surface area contributed by atoms with Gasteiger partial charge in [-0.3, -0.25) is 4.79 Å². The Bertz CT molecular complexity index is 240. The maximum absolute atomic E-state index is 11.5. The molecule has 66 valence electrons. The zero-order valence-electron chi connectivity index (χ0n) is 7.43. The molecule has 0 aromatic heterocycles. The summed E-state index contributed by atoms with van der Waals surface area (Å²) in [5.41, 5.74) is 0.986. The maximum atomic E-state index is 11.5. The van der Waals surface area contributed by atoms with E-state index in [9.17, 15) is 4.79 Å². The van der Waals surface area contributed by atoms with E-state index >= 15 is 0 Å². The molecule has 0 N–H and O–H groups in total. The van der Waals surface area contributed by atoms with Crippen molar-refractivity contribution in [2.75, 3.05) is 0 Å². The molecule has 2 rings (SSSR count). The van der Waals surface area contributed by atoms with Crippen LogP contribution in [0.4, 0.5) is 0 Å². The van der Waals surface area contributed by atoms with Crippen molar-refractivity contribution in [2.24, 2.45) is 0 Å². The van der Waals surface area contributed by atoms with E-state index in [1.807, 2.05) is 6.92 Å². The van der Waals surface area contributed by atoms with Crippen LogP contribution in [0.3, 0.4) is 0 Å². The Balaban J connectivity index is 2.26. The normalized spacial score (nSPS) is 29.8. The highest BCUT2D eigenvalue weighted by Gasteiger charge is 2.27. The zero-order chi connectivity index (χ0) is 8.55. The standard InChI is InChI=1S/C10H14O2/c1-7-6-9(11)8-4-2-3-5-10(8)12-7/h7H,2-6H2,1H3. The Morgan fingerprint density at radius 1 is 1.33 bits per heavy atom. The van der Waals surface area contributed by atoms with Crippen LogP contribution in [-0.2, 0) is 9.53 Å². The van der Waals surface area contributed by atoms with Gasteiger partial charge < -0.3 is 4.74 Å². The van der Waals surface area contributed by atoms with Gasteiger partial charge in [0.15, 0.2) is 5.78 Å². The molecule has 1 aliphatic heterocycles. The first-order valence-corrected chi connectivity index (χ1v) is 4.69. The Hall–Kier alpha value is -0.790. The molecule has 2 aliphatic rings. The molecule has 0 spiro atoms. The molecule has 0 aromatic carbocycles. The van der Waals surface area contributed by atoms with Crippen LogP contribution < -0.4 is 0 Å². The number of carbonyl (C=O) groups excluding carboxylic acids is 1. The van der Waals surface area contributed by atoms with Gasteiger partial charge >= 0.3 is 0 Å². The lowest BCUT2D eigenvalue weighted by Crippen LogP contribution is -2.25. The quantitative estimate of drug-likeness (QED) is 0.551. The average Bonchev–Trinajstić information content (AvgIpc) is 2.04. The summed E-state index contributed by atoms with van der Waals surface area (Å²) in [4.78, 5) is 11.5. The first-order chi connectivity index (χ1) is 5.77. The number of ketones is 1. The molecule has 1 aliphatic carbocycles. The van der Waals surface area contributed by atoms with Crippen molar-refractivity contribution in [3.8, 4) is 0 Å². The second-order valence-corrected chi connectivity index (χ2v) is 3.66. The predicted octanol–water partition coefficient (Wildman–Crippen LogP) is 2.19. The molecule has 0 saturated carbocycles. The molecule has 1 heterocycles. The van der Waals surface area contributed by atoms with Crippen LogP contribution in [0.15, 0.2) is 11.3 Å². The number of Topliss-reactive ketones (excluding diaryl/α,β-unsaturated/α-hetero) is 1. The van der Waals surface area contributed by atoms with Gasteiger partial charge in [0.1, 0.15) is 11.9 Å². The average molecular weight is 166 g/mol. The minimum absolute atomic E-state index is 0.106. The second kappa shape index (κ2) is 2.92. The minimum Gasteiger partial charge on any atom is -0.494 e. The van der Waals surface area contributed by atoms with E-state index in [-0.39, 0.29) is 6.10 Å². The molecule has 2 heteroatoms. The lowest BCUT2D eigenvalue weighted by atomic mass is 9.90. The fourth-order valence-electron chi connectivity index (χ4n) is 1.97. The molecule has 0 fully saturated rings. The van der Waals surface area contributed by atoms with E-state index in [2.05, 4.69) is 0 Å². The number of rotatable bonds is 0. The molecular weight excluding hydrogens is 152 g/mol. The van der Waals surface area contributed by atoms with Crippen molar-refractivity contribution in [3.63, 3.8) is 0 Å². The number of carbonyl (C=O) groups is 1. The minimum atomic E-state index is 0.106. The number of hydrogen-bond donors (Lipinski definition) is 0. The van der Waals surface area contributed by atoms with Gasteiger partial charge in [-0.1, -0.05) is 0 Å². The fourth-order valence-corrected chi connectivity index (χ4v) is 1.97. The molecule has 2 nitrogen and oxygen atoms in total. The van der Waals surface area contributed by atoms with Gasteiger partial charge in [0.2, 0.25) is 0 Å². The molecule has 0 saturated heterocycles. The van der Waals surface area contributed by atoms with Crippen molar-refractivity contribution >= 4 is 5.78 Å². The molecule has 0 bridgehead atoms. The monoisotopic (exact) mass is 166 g/mol. The Labute approximate surface area is 72.6 Å². The van der Waals surface area contributed by atoms with Crippen molar-refractivity contribution in [3.05, 3.63) is 11.3 Å². The summed E-state index contributed by atoms with van der Waals surface area (Å²) >= 11 is 0. The summed E-state index contributed by atoms with van der Waals surface area (Å²) < 4.78 is 5.62. The lowest BCUT2D eigenvalue weighted by molar-refractivity contribution is -0.120. The van der Waals surface area contributed by atoms with Crippen molar-refractivity contribution in [1.29, 1.82) is 0 Å². The Morgan fingerprint density at radius 3 is 2.92 bits per heavy atom. The van der Waals surface area contributed by atoms with Crippen molar-refractivity contribution in [1.82, 2.24) is 0 Å². The van der Waals surface area contributed by atoms with Crippen LogP contribution >= 0.6 is 0 Å². The second-order valence-electron chi connectivity index (χ2n) is 3.66. The van der Waals surface area contributed by atoms with E-state index in [1.54, 1.807) is 0 Å². The molecule has 1 atom stereocenters. The number of allylic oxidation sites excluding steroid dienone is 2. The van der Waals surface area contributed by atoms with Crippen molar-refractivity contribution in [2.45, 2.75) is 45.1 Å². The summed E-state index contributed by atoms with van der Waals surface area (Å²) in [5.74, 6) is 1.31. The summed E-state index contributed by atoms with van der Waals surface area (Å²) in [6, 6.07) is 0. The SMILES string of the molecule is CC1CC(=O)C2=C(CCCC2)O1. The zero-order valence-corrected chi connectivity index (χ0v) is 7.43. The summed E-state index contributed by atoms with van der Waals surface area (Å²) in [7, 11) is 0. The van der Waals surface area contributed by atoms with Gasteiger partial charge in [-0.2, -0.15) is 0 Å². The Morgan fingerprint density at radius 2 is 2.08 bits per heavy atom. The van der Waals surface area contributed by atoms with Crippen LogP contribution in [-0.4, -0.2) is 11.9 Å². The molecule has 0 radical (unpaired) electrons. The molecule has 0 amide bonds. The summed E-state index contributed by atoms with van der Waals surface area (Å²) in [5, 5.41) is 0. The number of hydrogen-bond acceptors (Lipinski definition) is 2. The third kappa shape index (κ3) is 1.26. The topological polar surface area (TPSA) is 26.3 Å². The van der Waals surface area contributed by atoms with Gasteiger partial charge in [0.05, 0.1) is 0 Å². The van der Waals surface area contributed by atoms with Crippen LogP contribution in [0.1, 0.15) is 39.0 Å². The molecular formula is C10H14O2. The van der Waals surface area contributed by atoms with Crippen LogP contribution in [0.2, 0.25) is 0 Å². The number of ether oxygens (including phenoxy) is 1. The molecule has 1 unspecified atom stereocenters. The first kappa shape index (κ1) is 7.84. The Kier molecular flexibility index (Phi) is 1.91. The van der Waals surface area contributed by atoms with E-state index in [1.165, 1.54) is 6.42 Å². The summed E-state index contributed by atoms with van der Waals surface area (Å²) in [6.07, 6.45) is 4.95. The van der Waals surface area contributed by atoms with E-state index in [0.29, 0.717) is 12.2 Å². The van der Waals surface area contributed by atoms with Crippen LogP contribution in [0.5, 0.6) is 0 Å². The van der Waals surface area contributed by atoms with E-state index in [4.69, 9.17) is 4.74 Å². The van der Waals surface area contributed by atoms with Crippen molar-refractivity contribution < 1.29 is 9.53 Å². The highest BCUT2D eigenvalue weighted by molar-refractivity contribution is 5.96. The fraction of sp³-hybridized carbons (Fsp3) is 0.700. The van der Waals surface area contributed by atoms with E-state index < -0.39 is 0 Å². The smallest absolute Gasteiger partial charge is 0.165 e. The van der Waals surface area contributed by atoms with Gasteiger partial charge in [-0.25, -0.2) is 0 Å². The molecule has 12 heavy (non-hydrogen) atoms. The first-order valence-electron chi connectivity index (χ1n) is 4.69. The van der Waals surface area contributed by atoms with E-state index in [0.717, 1.165) is 30.6 Å². The van der Waals surface area contributed by atoms with Gasteiger partial charge in [-0.05, 0) is 26.2 Å². The van der Waals surface area contributed by atoms with Crippen LogP contribution in [0, 0.1) is 0 Å². The largest absolute Gasteiger partial charge is 0.494 e. The van der Waals surface area contributed by atoms with Gasteiger partial charge in [0, 0.05) is 18.4 Å². The third-order valence-corrected chi connectivity index (χ3v) is 2.57. The predicted molar refractivity (Wildman–Crippen MR) is 45.7 cm³/mol. The van der Waals surface area contributed by atoms with Gasteiger partial charge in [0.25, 0.3) is 0 Å². The third-order valence-electron chi connectivity index (χ3n) is 2.57. The van der Waals surface area contributed by atoms with Gasteiger partial charge in [-0.15, -0.1) is 0 Å². The summed E-state index contributed by atoms with van der Waals surface area (Å²) in [6.45, 7) is 1.97. The lowest BCUT2D eigenvalue weighted by Gasteiger charge is -2.28. The molecule has 0 aromatic rings.